The molecule has 3 rings (SSSR count). The molecule has 0 radical (unpaired) electrons. The summed E-state index contributed by atoms with van der Waals surface area (Å²) in [5, 5.41) is 12.1. The van der Waals surface area contributed by atoms with Gasteiger partial charge in [0.2, 0.25) is 6.54 Å². The zero-order valence-electron chi connectivity index (χ0n) is 13.4. The molecule has 1 N–H and O–H groups in total. The topological polar surface area (TPSA) is 69.3 Å². The fourth-order valence-electron chi connectivity index (χ4n) is 2.80. The first kappa shape index (κ1) is 16.2. The molecule has 0 saturated carbocycles. The number of rotatable bonds is 7. The molecule has 24 heavy (non-hydrogen) atoms. The molecular weight excluding hydrogens is 306 g/mol. The first-order chi connectivity index (χ1) is 11.6. The van der Waals surface area contributed by atoms with E-state index in [2.05, 4.69) is 5.48 Å². The van der Waals surface area contributed by atoms with Crippen LogP contribution in [0.4, 0.5) is 0 Å². The maximum Gasteiger partial charge on any atom is 0.225 e. The van der Waals surface area contributed by atoms with Crippen molar-refractivity contribution in [2.45, 2.75) is 12.6 Å². The molecule has 0 bridgehead atoms. The quantitative estimate of drug-likeness (QED) is 0.535. The Bertz CT molecular complexity index is 830. The average molecular weight is 325 g/mol. The van der Waals surface area contributed by atoms with E-state index < -0.39 is 6.04 Å². The van der Waals surface area contributed by atoms with E-state index in [1.807, 2.05) is 72.4 Å². The van der Waals surface area contributed by atoms with Crippen molar-refractivity contribution in [3.8, 4) is 0 Å². The second-order valence-corrected chi connectivity index (χ2v) is 5.67. The summed E-state index contributed by atoms with van der Waals surface area (Å²) in [5.74, 6) is 0. The van der Waals surface area contributed by atoms with Crippen LogP contribution in [0.3, 0.4) is 0 Å². The van der Waals surface area contributed by atoms with Gasteiger partial charge in [-0.05, 0) is 11.6 Å². The third-order valence-electron chi connectivity index (χ3n) is 3.94. The molecule has 0 aliphatic carbocycles. The second-order valence-electron chi connectivity index (χ2n) is 5.67. The molecule has 1 heterocycles. The molecule has 1 unspecified atom stereocenters. The van der Waals surface area contributed by atoms with E-state index in [-0.39, 0.29) is 11.5 Å². The molecule has 1 atom stereocenters. The Morgan fingerprint density at radius 1 is 1.17 bits per heavy atom. The highest BCUT2D eigenvalue weighted by Crippen LogP contribution is 2.26. The van der Waals surface area contributed by atoms with E-state index in [0.717, 1.165) is 22.0 Å². The van der Waals surface area contributed by atoms with Crippen molar-refractivity contribution in [2.24, 2.45) is 7.05 Å². The Balaban J connectivity index is 1.79. The van der Waals surface area contributed by atoms with Gasteiger partial charge in [-0.25, -0.2) is 0 Å². The molecule has 0 aliphatic rings. The van der Waals surface area contributed by atoms with Gasteiger partial charge in [0.25, 0.3) is 0 Å². The van der Waals surface area contributed by atoms with Crippen LogP contribution in [0, 0.1) is 10.1 Å². The number of hydrogen-bond donors (Lipinski definition) is 1. The van der Waals surface area contributed by atoms with Crippen molar-refractivity contribution >= 4 is 10.9 Å². The van der Waals surface area contributed by atoms with Crippen LogP contribution >= 0.6 is 0 Å². The summed E-state index contributed by atoms with van der Waals surface area (Å²) < 4.78 is 1.97. The van der Waals surface area contributed by atoms with Crippen LogP contribution < -0.4 is 5.48 Å². The normalized spacial score (nSPS) is 12.4. The molecule has 2 aromatic carbocycles. The lowest BCUT2D eigenvalue weighted by Gasteiger charge is -2.14. The number of fused-ring (bicyclic) bond motifs is 1. The van der Waals surface area contributed by atoms with E-state index in [9.17, 15) is 10.1 Å². The molecule has 1 aromatic heterocycles. The number of hydroxylamine groups is 1. The summed E-state index contributed by atoms with van der Waals surface area (Å²) in [4.78, 5) is 16.3. The summed E-state index contributed by atoms with van der Waals surface area (Å²) >= 11 is 0. The Morgan fingerprint density at radius 3 is 2.62 bits per heavy atom. The number of para-hydroxylation sites is 1. The predicted octanol–water partition coefficient (Wildman–Crippen LogP) is 3.22. The van der Waals surface area contributed by atoms with Gasteiger partial charge in [0, 0.05) is 34.6 Å². The molecule has 0 amide bonds. The summed E-state index contributed by atoms with van der Waals surface area (Å²) in [5.41, 5.74) is 5.76. The lowest BCUT2D eigenvalue weighted by Crippen LogP contribution is -2.28. The zero-order valence-corrected chi connectivity index (χ0v) is 13.4. The maximum absolute atomic E-state index is 11.1. The van der Waals surface area contributed by atoms with Crippen LogP contribution in [-0.4, -0.2) is 16.0 Å². The lowest BCUT2D eigenvalue weighted by atomic mass is 10.1. The van der Waals surface area contributed by atoms with Gasteiger partial charge in [0.1, 0.15) is 6.04 Å². The molecule has 0 saturated heterocycles. The van der Waals surface area contributed by atoms with Crippen LogP contribution in [0.25, 0.3) is 10.9 Å². The van der Waals surface area contributed by atoms with Gasteiger partial charge in [-0.15, -0.1) is 0 Å². The van der Waals surface area contributed by atoms with Crippen LogP contribution in [0.1, 0.15) is 17.2 Å². The third-order valence-corrected chi connectivity index (χ3v) is 3.94. The highest BCUT2D eigenvalue weighted by atomic mass is 16.7. The van der Waals surface area contributed by atoms with Crippen molar-refractivity contribution in [3.05, 3.63) is 82.0 Å². The Labute approximate surface area is 139 Å². The number of aromatic nitrogens is 1. The molecule has 0 aliphatic heterocycles. The van der Waals surface area contributed by atoms with Crippen molar-refractivity contribution in [2.75, 3.05) is 6.54 Å². The van der Waals surface area contributed by atoms with Gasteiger partial charge in [0.05, 0.1) is 6.61 Å². The van der Waals surface area contributed by atoms with Crippen molar-refractivity contribution in [1.82, 2.24) is 10.0 Å². The van der Waals surface area contributed by atoms with E-state index in [4.69, 9.17) is 4.84 Å². The number of aryl methyl sites for hydroxylation is 1. The van der Waals surface area contributed by atoms with Gasteiger partial charge < -0.3 is 4.57 Å². The molecule has 124 valence electrons. The van der Waals surface area contributed by atoms with Gasteiger partial charge in [-0.3, -0.25) is 15.0 Å². The standard InChI is InChI=1S/C18H19N3O3/c1-20-11-16(15-9-5-6-10-18(15)20)17(12-21(22)23)19-24-13-14-7-3-2-4-8-14/h2-11,17,19H,12-13H2,1H3. The fraction of sp³-hybridized carbons (Fsp3) is 0.222. The number of benzene rings is 2. The minimum Gasteiger partial charge on any atom is -0.350 e. The summed E-state index contributed by atoms with van der Waals surface area (Å²) in [6.07, 6.45) is 1.91. The monoisotopic (exact) mass is 325 g/mol. The molecule has 0 spiro atoms. The van der Waals surface area contributed by atoms with Crippen LogP contribution in [0.15, 0.2) is 60.8 Å². The van der Waals surface area contributed by atoms with E-state index in [1.165, 1.54) is 0 Å². The highest BCUT2D eigenvalue weighted by Gasteiger charge is 2.22. The third kappa shape index (κ3) is 3.61. The Hall–Kier alpha value is -2.70. The molecular formula is C18H19N3O3. The number of nitrogens with zero attached hydrogens (tertiary/aromatic N) is 2. The van der Waals surface area contributed by atoms with Crippen LogP contribution in [0.2, 0.25) is 0 Å². The van der Waals surface area contributed by atoms with Crippen molar-refractivity contribution in [1.29, 1.82) is 0 Å². The first-order valence-electron chi connectivity index (χ1n) is 7.72. The second kappa shape index (κ2) is 7.25. The summed E-state index contributed by atoms with van der Waals surface area (Å²) in [7, 11) is 1.93. The van der Waals surface area contributed by atoms with Gasteiger partial charge in [-0.1, -0.05) is 48.5 Å². The minimum atomic E-state index is -0.519. The predicted molar refractivity (Wildman–Crippen MR) is 91.9 cm³/mol. The fourth-order valence-corrected chi connectivity index (χ4v) is 2.80. The number of hydrogen-bond acceptors (Lipinski definition) is 4. The number of nitro groups is 1. The van der Waals surface area contributed by atoms with Gasteiger partial charge in [-0.2, -0.15) is 5.48 Å². The maximum atomic E-state index is 11.1. The first-order valence-corrected chi connectivity index (χ1v) is 7.72. The zero-order chi connectivity index (χ0) is 16.9. The average Bonchev–Trinajstić information content (AvgIpc) is 2.92. The van der Waals surface area contributed by atoms with Gasteiger partial charge in [0.15, 0.2) is 0 Å². The van der Waals surface area contributed by atoms with E-state index >= 15 is 0 Å². The number of nitrogens with one attached hydrogen (secondary N) is 1. The summed E-state index contributed by atoms with van der Waals surface area (Å²) in [6.45, 7) is 0.0998. The van der Waals surface area contributed by atoms with Crippen LogP contribution in [-0.2, 0) is 18.5 Å². The lowest BCUT2D eigenvalue weighted by molar-refractivity contribution is -0.486. The largest absolute Gasteiger partial charge is 0.350 e. The molecule has 3 aromatic rings. The smallest absolute Gasteiger partial charge is 0.225 e. The molecule has 6 nitrogen and oxygen atoms in total. The Kier molecular flexibility index (Phi) is 4.88. The highest BCUT2D eigenvalue weighted by molar-refractivity contribution is 5.84. The van der Waals surface area contributed by atoms with Crippen LogP contribution in [0.5, 0.6) is 0 Å². The van der Waals surface area contributed by atoms with E-state index in [1.54, 1.807) is 0 Å². The van der Waals surface area contributed by atoms with Crippen molar-refractivity contribution in [3.63, 3.8) is 0 Å². The molecule has 0 fully saturated rings. The van der Waals surface area contributed by atoms with Gasteiger partial charge >= 0.3 is 0 Å². The molecule has 6 heteroatoms. The Morgan fingerprint density at radius 2 is 1.88 bits per heavy atom. The minimum absolute atomic E-state index is 0.247. The SMILES string of the molecule is Cn1cc(C(C[N+](=O)[O-])NOCc2ccccc2)c2ccccc21. The summed E-state index contributed by atoms with van der Waals surface area (Å²) in [6, 6.07) is 17.0. The van der Waals surface area contributed by atoms with Crippen molar-refractivity contribution < 1.29 is 9.76 Å². The van der Waals surface area contributed by atoms with E-state index in [0.29, 0.717) is 6.61 Å².